The summed E-state index contributed by atoms with van der Waals surface area (Å²) >= 11 is 0. The Bertz CT molecular complexity index is 1910. The molecule has 0 saturated carbocycles. The fourth-order valence-corrected chi connectivity index (χ4v) is 12.3. The Kier molecular flexibility index (Phi) is 62.5. The van der Waals surface area contributed by atoms with Gasteiger partial charge in [-0.05, 0) is 69.1 Å². The van der Waals surface area contributed by atoms with Crippen LogP contribution in [-0.2, 0) is 65.4 Å². The number of allylic oxidation sites excluding steroid dienone is 4. The van der Waals surface area contributed by atoms with Gasteiger partial charge in [-0.15, -0.1) is 0 Å². The molecule has 0 rings (SSSR count). The van der Waals surface area contributed by atoms with Crippen molar-refractivity contribution in [3.63, 3.8) is 0 Å². The molecule has 17 nitrogen and oxygen atoms in total. The predicted molar refractivity (Wildman–Crippen MR) is 377 cm³/mol. The molecule has 3 N–H and O–H groups in total. The minimum absolute atomic E-state index is 0.0962. The summed E-state index contributed by atoms with van der Waals surface area (Å²) in [7, 11) is -9.92. The van der Waals surface area contributed by atoms with Gasteiger partial charge in [-0.1, -0.05) is 297 Å². The summed E-state index contributed by atoms with van der Waals surface area (Å²) in [6, 6.07) is 0. The van der Waals surface area contributed by atoms with E-state index in [9.17, 15) is 43.2 Å². The SMILES string of the molecule is CCCCCC/C=C\C=C/CCCCCCCC(=O)OC[C@H](COP(=O)(O)OCC(O)COP(=O)(O)OC[C@@H](COC(=O)CCCCCCCCC(C)C)OC(=O)CCCCCCCCCCCCCCCCCCC(C)C)OC(=O)CCCCCCCCCC(C)C. The van der Waals surface area contributed by atoms with Gasteiger partial charge in [-0.25, -0.2) is 9.13 Å². The number of carbonyl (C=O) groups is 4. The van der Waals surface area contributed by atoms with Crippen LogP contribution >= 0.6 is 15.6 Å². The van der Waals surface area contributed by atoms with Crippen LogP contribution in [0.3, 0.4) is 0 Å². The molecule has 548 valence electrons. The maximum absolute atomic E-state index is 13.0. The summed E-state index contributed by atoms with van der Waals surface area (Å²) < 4.78 is 68.3. The van der Waals surface area contributed by atoms with Gasteiger partial charge in [0.15, 0.2) is 12.2 Å². The lowest BCUT2D eigenvalue weighted by Crippen LogP contribution is -2.30. The van der Waals surface area contributed by atoms with Crippen LogP contribution in [0.25, 0.3) is 0 Å². The van der Waals surface area contributed by atoms with Gasteiger partial charge in [0.1, 0.15) is 19.3 Å². The second-order valence-electron chi connectivity index (χ2n) is 27.4. The smallest absolute Gasteiger partial charge is 0.462 e. The molecular formula is C74H140O17P2. The standard InChI is InChI=1S/C74H140O17P2/c1-8-9-10-11-12-13-14-15-18-22-25-28-33-41-48-55-71(76)84-61-69(91-74(79)58-51-44-35-30-32-39-46-53-66(4)5)63-88-92(80,81)86-59-68(75)60-87-93(82,83)89-64-70(62-85-72(77)56-49-42-37-36-40-47-54-67(6)7)90-73(78)57-50-43-34-29-26-23-20-17-16-19-21-24-27-31-38-45-52-65(2)3/h13-15,18,65-70,75H,8-12,16-17,19-64H2,1-7H3,(H,80,81)(H,82,83)/b14-13-,18-15-/t68?,69-,70-/m1/s1. The number of hydrogen-bond donors (Lipinski definition) is 3. The number of aliphatic hydroxyl groups excluding tert-OH is 1. The average Bonchev–Trinajstić information content (AvgIpc) is 3.36. The molecule has 0 aliphatic heterocycles. The van der Waals surface area contributed by atoms with Gasteiger partial charge in [0, 0.05) is 25.7 Å². The summed E-state index contributed by atoms with van der Waals surface area (Å²) in [4.78, 5) is 72.6. The summed E-state index contributed by atoms with van der Waals surface area (Å²) in [5.74, 6) is 0.0217. The van der Waals surface area contributed by atoms with Crippen LogP contribution < -0.4 is 0 Å². The first-order chi connectivity index (χ1) is 44.7. The van der Waals surface area contributed by atoms with Crippen LogP contribution in [0, 0.1) is 17.8 Å². The number of carbonyl (C=O) groups excluding carboxylic acids is 4. The maximum atomic E-state index is 13.0. The topological polar surface area (TPSA) is 237 Å². The maximum Gasteiger partial charge on any atom is 0.472 e. The Morgan fingerprint density at radius 3 is 0.871 bits per heavy atom. The zero-order chi connectivity index (χ0) is 68.7. The highest BCUT2D eigenvalue weighted by molar-refractivity contribution is 7.47. The van der Waals surface area contributed by atoms with Crippen LogP contribution in [0.1, 0.15) is 350 Å². The summed E-state index contributed by atoms with van der Waals surface area (Å²) in [5, 5.41) is 10.6. The zero-order valence-electron chi connectivity index (χ0n) is 60.2. The van der Waals surface area contributed by atoms with E-state index in [-0.39, 0.29) is 25.7 Å². The van der Waals surface area contributed by atoms with Gasteiger partial charge in [0.2, 0.25) is 0 Å². The molecule has 0 spiro atoms. The molecule has 0 saturated heterocycles. The molecule has 0 bridgehead atoms. The van der Waals surface area contributed by atoms with Crippen molar-refractivity contribution in [2.45, 2.75) is 369 Å². The number of phosphoric acid groups is 2. The lowest BCUT2D eigenvalue weighted by atomic mass is 10.0. The molecule has 3 unspecified atom stereocenters. The molecule has 0 aromatic rings. The van der Waals surface area contributed by atoms with E-state index >= 15 is 0 Å². The van der Waals surface area contributed by atoms with Gasteiger partial charge in [-0.3, -0.25) is 37.3 Å². The third-order valence-corrected chi connectivity index (χ3v) is 18.4. The van der Waals surface area contributed by atoms with Gasteiger partial charge >= 0.3 is 39.5 Å². The molecule has 5 atom stereocenters. The first-order valence-corrected chi connectivity index (χ1v) is 40.7. The monoisotopic (exact) mass is 1360 g/mol. The molecular weight excluding hydrogens is 1220 g/mol. The highest BCUT2D eigenvalue weighted by Gasteiger charge is 2.30. The second kappa shape index (κ2) is 64.2. The second-order valence-corrected chi connectivity index (χ2v) is 30.3. The summed E-state index contributed by atoms with van der Waals surface area (Å²) in [5.41, 5.74) is 0. The highest BCUT2D eigenvalue weighted by Crippen LogP contribution is 2.45. The number of ether oxygens (including phenoxy) is 4. The van der Waals surface area contributed by atoms with Crippen molar-refractivity contribution >= 4 is 39.5 Å². The molecule has 0 aliphatic carbocycles. The molecule has 93 heavy (non-hydrogen) atoms. The average molecular weight is 1360 g/mol. The number of phosphoric ester groups is 2. The zero-order valence-corrected chi connectivity index (χ0v) is 62.0. The Hall–Kier alpha value is -2.46. The van der Waals surface area contributed by atoms with Crippen molar-refractivity contribution in [2.24, 2.45) is 17.8 Å². The number of rotatable bonds is 70. The van der Waals surface area contributed by atoms with Crippen molar-refractivity contribution in [1.29, 1.82) is 0 Å². The molecule has 0 fully saturated rings. The van der Waals surface area contributed by atoms with E-state index in [0.717, 1.165) is 121 Å². The largest absolute Gasteiger partial charge is 0.472 e. The van der Waals surface area contributed by atoms with E-state index in [1.54, 1.807) is 0 Å². The summed E-state index contributed by atoms with van der Waals surface area (Å²) in [6.45, 7) is 11.7. The summed E-state index contributed by atoms with van der Waals surface area (Å²) in [6.07, 6.45) is 52.5. The van der Waals surface area contributed by atoms with Crippen molar-refractivity contribution < 1.29 is 80.2 Å². The minimum atomic E-state index is -4.96. The number of unbranched alkanes of at least 4 members (excludes halogenated alkanes) is 35. The fourth-order valence-electron chi connectivity index (χ4n) is 10.7. The Balaban J connectivity index is 5.20. The lowest BCUT2D eigenvalue weighted by molar-refractivity contribution is -0.161. The number of hydrogen-bond acceptors (Lipinski definition) is 15. The molecule has 0 radical (unpaired) electrons. The number of esters is 4. The van der Waals surface area contributed by atoms with E-state index in [0.29, 0.717) is 37.5 Å². The van der Waals surface area contributed by atoms with E-state index in [1.165, 1.54) is 135 Å². The molecule has 0 aromatic carbocycles. The van der Waals surface area contributed by atoms with Gasteiger partial charge in [0.25, 0.3) is 0 Å². The van der Waals surface area contributed by atoms with E-state index in [4.69, 9.17) is 37.0 Å². The first-order valence-electron chi connectivity index (χ1n) is 37.7. The van der Waals surface area contributed by atoms with Crippen molar-refractivity contribution in [3.8, 4) is 0 Å². The van der Waals surface area contributed by atoms with Crippen LogP contribution in [0.5, 0.6) is 0 Å². The molecule has 19 heteroatoms. The molecule has 0 aromatic heterocycles. The first kappa shape index (κ1) is 90.5. The van der Waals surface area contributed by atoms with Crippen molar-refractivity contribution in [3.05, 3.63) is 24.3 Å². The third-order valence-electron chi connectivity index (χ3n) is 16.5. The third kappa shape index (κ3) is 67.9. The quantitative estimate of drug-likeness (QED) is 0.0169. The van der Waals surface area contributed by atoms with Crippen molar-refractivity contribution in [1.82, 2.24) is 0 Å². The van der Waals surface area contributed by atoms with Crippen LogP contribution in [-0.4, -0.2) is 96.7 Å². The molecule has 0 amide bonds. The van der Waals surface area contributed by atoms with Crippen LogP contribution in [0.15, 0.2) is 24.3 Å². The Morgan fingerprint density at radius 2 is 0.581 bits per heavy atom. The molecule has 0 heterocycles. The van der Waals surface area contributed by atoms with Crippen molar-refractivity contribution in [2.75, 3.05) is 39.6 Å². The Morgan fingerprint density at radius 1 is 0.333 bits per heavy atom. The molecule has 0 aliphatic rings. The van der Waals surface area contributed by atoms with Gasteiger partial charge in [0.05, 0.1) is 26.4 Å². The van der Waals surface area contributed by atoms with Crippen LogP contribution in [0.2, 0.25) is 0 Å². The van der Waals surface area contributed by atoms with E-state index in [2.05, 4.69) is 72.8 Å². The van der Waals surface area contributed by atoms with E-state index in [1.807, 2.05) is 0 Å². The number of aliphatic hydroxyl groups is 1. The van der Waals surface area contributed by atoms with E-state index < -0.39 is 97.5 Å². The predicted octanol–water partition coefficient (Wildman–Crippen LogP) is 21.0. The normalized spacial score (nSPS) is 14.3. The van der Waals surface area contributed by atoms with Crippen LogP contribution in [0.4, 0.5) is 0 Å². The lowest BCUT2D eigenvalue weighted by Gasteiger charge is -2.21. The highest BCUT2D eigenvalue weighted by atomic mass is 31.2. The Labute approximate surface area is 567 Å². The van der Waals surface area contributed by atoms with Gasteiger partial charge in [-0.2, -0.15) is 0 Å². The minimum Gasteiger partial charge on any atom is -0.462 e. The van der Waals surface area contributed by atoms with Gasteiger partial charge < -0.3 is 33.8 Å². The fraction of sp³-hybridized carbons (Fsp3) is 0.892.